The summed E-state index contributed by atoms with van der Waals surface area (Å²) in [6.07, 6.45) is 0. The molecule has 0 aromatic heterocycles. The minimum atomic E-state index is -4.51. The predicted molar refractivity (Wildman–Crippen MR) is 77.0 cm³/mol. The zero-order chi connectivity index (χ0) is 16.8. The molecule has 0 bridgehead atoms. The molecule has 0 unspecified atom stereocenters. The zero-order valence-corrected chi connectivity index (χ0v) is 16.7. The van der Waals surface area contributed by atoms with Crippen LogP contribution in [-0.2, 0) is 19.6 Å². The van der Waals surface area contributed by atoms with Gasteiger partial charge >= 0.3 is 57.4 Å². The number of nitrogens with zero attached hydrogens (tertiary/aromatic N) is 2. The molecule has 11 heteroatoms. The average Bonchev–Trinajstić information content (AvgIpc) is 2.45. The standard InChI is InChI=1S/C12H15N3O6S.K/c1-3-21-12(16)11(15-17)8(2)13-14-9-4-6-10(7-5-9)22(18,19)20;/h4-7,14,17H,3H2,1-2H3,(H,18,19,20);/q;+1/p-1/b13-8+,15-11-;. The number of benzene rings is 1. The van der Waals surface area contributed by atoms with E-state index < -0.39 is 16.1 Å². The first kappa shape index (κ1) is 22.2. The van der Waals surface area contributed by atoms with Crippen molar-refractivity contribution in [3.05, 3.63) is 24.3 Å². The van der Waals surface area contributed by atoms with Gasteiger partial charge in [-0.15, -0.1) is 0 Å². The van der Waals surface area contributed by atoms with Gasteiger partial charge < -0.3 is 14.5 Å². The van der Waals surface area contributed by atoms with Crippen molar-refractivity contribution in [2.75, 3.05) is 12.0 Å². The fourth-order valence-electron chi connectivity index (χ4n) is 1.36. The Morgan fingerprint density at radius 3 is 2.35 bits per heavy atom. The quantitative estimate of drug-likeness (QED) is 0.145. The van der Waals surface area contributed by atoms with Gasteiger partial charge in [0.2, 0.25) is 5.71 Å². The summed E-state index contributed by atoms with van der Waals surface area (Å²) in [5.74, 6) is -0.833. The number of oxime groups is 1. The van der Waals surface area contributed by atoms with Gasteiger partial charge in [-0.3, -0.25) is 5.43 Å². The van der Waals surface area contributed by atoms with Gasteiger partial charge in [0.05, 0.1) is 22.9 Å². The number of rotatable bonds is 6. The summed E-state index contributed by atoms with van der Waals surface area (Å²) in [7, 11) is -4.51. The largest absolute Gasteiger partial charge is 1.00 e. The third-order valence-electron chi connectivity index (χ3n) is 2.41. The van der Waals surface area contributed by atoms with Crippen molar-refractivity contribution in [3.8, 4) is 0 Å². The number of carbonyl (C=O) groups is 1. The molecule has 0 aliphatic carbocycles. The molecule has 9 nitrogen and oxygen atoms in total. The van der Waals surface area contributed by atoms with E-state index >= 15 is 0 Å². The molecule has 0 atom stereocenters. The maximum Gasteiger partial charge on any atom is 1.00 e. The van der Waals surface area contributed by atoms with Crippen molar-refractivity contribution in [2.45, 2.75) is 18.7 Å². The second kappa shape index (κ2) is 10.1. The Labute approximate surface area is 176 Å². The Hall–Kier alpha value is -0.824. The van der Waals surface area contributed by atoms with Gasteiger partial charge in [-0.2, -0.15) is 5.10 Å². The van der Waals surface area contributed by atoms with Crippen molar-refractivity contribution in [1.29, 1.82) is 0 Å². The molecule has 0 heterocycles. The first-order valence-electron chi connectivity index (χ1n) is 6.05. The fourth-order valence-corrected chi connectivity index (χ4v) is 1.83. The maximum atomic E-state index is 11.5. The van der Waals surface area contributed by atoms with Crippen molar-refractivity contribution < 1.29 is 79.1 Å². The Bertz CT molecular complexity index is 700. The molecule has 0 amide bonds. The molecular weight excluding hydrogens is 353 g/mol. The number of anilines is 1. The van der Waals surface area contributed by atoms with Crippen LogP contribution >= 0.6 is 0 Å². The van der Waals surface area contributed by atoms with E-state index in [1.165, 1.54) is 19.1 Å². The van der Waals surface area contributed by atoms with Crippen LogP contribution in [0.15, 0.2) is 39.4 Å². The summed E-state index contributed by atoms with van der Waals surface area (Å²) in [6, 6.07) is 4.87. The molecule has 2 N–H and O–H groups in total. The van der Waals surface area contributed by atoms with Crippen LogP contribution in [0.2, 0.25) is 0 Å². The minimum Gasteiger partial charge on any atom is -0.744 e. The number of hydrogen-bond acceptors (Lipinski definition) is 9. The number of carbonyl (C=O) groups excluding carboxylic acids is 1. The Morgan fingerprint density at radius 1 is 1.35 bits per heavy atom. The van der Waals surface area contributed by atoms with Crippen LogP contribution in [0.4, 0.5) is 5.69 Å². The Kier molecular flexibility index (Phi) is 9.76. The molecule has 0 saturated heterocycles. The first-order valence-corrected chi connectivity index (χ1v) is 7.46. The molecule has 0 aliphatic heterocycles. The second-order valence-corrected chi connectivity index (χ2v) is 5.34. The van der Waals surface area contributed by atoms with E-state index in [1.807, 2.05) is 0 Å². The summed E-state index contributed by atoms with van der Waals surface area (Å²) in [6.45, 7) is 3.13. The van der Waals surface area contributed by atoms with E-state index in [-0.39, 0.29) is 74.3 Å². The molecule has 0 radical (unpaired) electrons. The number of nitrogens with one attached hydrogen (secondary N) is 1. The van der Waals surface area contributed by atoms with E-state index in [9.17, 15) is 17.8 Å². The van der Waals surface area contributed by atoms with Crippen molar-refractivity contribution in [2.24, 2.45) is 10.3 Å². The van der Waals surface area contributed by atoms with Gasteiger partial charge in [-0.1, -0.05) is 5.16 Å². The second-order valence-electron chi connectivity index (χ2n) is 3.96. The van der Waals surface area contributed by atoms with Crippen LogP contribution in [0.1, 0.15) is 13.8 Å². The van der Waals surface area contributed by atoms with Crippen LogP contribution < -0.4 is 56.8 Å². The molecule has 1 rings (SSSR count). The van der Waals surface area contributed by atoms with Crippen molar-refractivity contribution in [1.82, 2.24) is 0 Å². The van der Waals surface area contributed by atoms with E-state index in [0.717, 1.165) is 12.1 Å². The summed E-state index contributed by atoms with van der Waals surface area (Å²) < 4.78 is 37.0. The van der Waals surface area contributed by atoms with Crippen LogP contribution in [0.25, 0.3) is 0 Å². The normalized spacial score (nSPS) is 12.3. The summed E-state index contributed by atoms with van der Waals surface area (Å²) in [4.78, 5) is 11.1. The zero-order valence-electron chi connectivity index (χ0n) is 12.8. The molecule has 0 aliphatic rings. The SMILES string of the molecule is CCOC(=O)C(=N\O)/C(C)=N/Nc1ccc(S(=O)(=O)[O-])cc1.[K+]. The third kappa shape index (κ3) is 7.07. The molecule has 0 fully saturated rings. The fraction of sp³-hybridized carbons (Fsp3) is 0.250. The van der Waals surface area contributed by atoms with Crippen LogP contribution in [0, 0.1) is 0 Å². The Morgan fingerprint density at radius 2 is 1.91 bits per heavy atom. The van der Waals surface area contributed by atoms with Crippen LogP contribution in [0.5, 0.6) is 0 Å². The molecule has 0 spiro atoms. The van der Waals surface area contributed by atoms with Gasteiger partial charge in [0.1, 0.15) is 10.1 Å². The number of esters is 1. The van der Waals surface area contributed by atoms with Gasteiger partial charge in [-0.05, 0) is 38.1 Å². The van der Waals surface area contributed by atoms with Gasteiger partial charge in [0.15, 0.2) is 0 Å². The van der Waals surface area contributed by atoms with E-state index in [1.54, 1.807) is 6.92 Å². The van der Waals surface area contributed by atoms with Crippen molar-refractivity contribution >= 4 is 33.2 Å². The number of hydrogen-bond donors (Lipinski definition) is 2. The maximum absolute atomic E-state index is 11.5. The molecule has 1 aromatic carbocycles. The number of ether oxygens (including phenoxy) is 1. The van der Waals surface area contributed by atoms with E-state index in [0.29, 0.717) is 5.69 Å². The average molecular weight is 367 g/mol. The summed E-state index contributed by atoms with van der Waals surface area (Å²) in [5.41, 5.74) is 2.58. The van der Waals surface area contributed by atoms with E-state index in [2.05, 4.69) is 20.4 Å². The summed E-state index contributed by atoms with van der Waals surface area (Å²) >= 11 is 0. The van der Waals surface area contributed by atoms with Gasteiger partial charge in [0.25, 0.3) is 0 Å². The van der Waals surface area contributed by atoms with Crippen molar-refractivity contribution in [3.63, 3.8) is 0 Å². The topological polar surface area (TPSA) is 140 Å². The third-order valence-corrected chi connectivity index (χ3v) is 3.26. The molecule has 0 saturated carbocycles. The first-order chi connectivity index (χ1) is 10.3. The minimum absolute atomic E-state index is 0. The smallest absolute Gasteiger partial charge is 0.744 e. The molecule has 1 aromatic rings. The molecular formula is C12H14KN3O6S. The van der Waals surface area contributed by atoms with Crippen LogP contribution in [0.3, 0.4) is 0 Å². The number of hydrazone groups is 1. The van der Waals surface area contributed by atoms with Crippen LogP contribution in [-0.4, -0.2) is 42.2 Å². The predicted octanol–water partition coefficient (Wildman–Crippen LogP) is -2.22. The molecule has 120 valence electrons. The monoisotopic (exact) mass is 367 g/mol. The molecule has 23 heavy (non-hydrogen) atoms. The Balaban J connectivity index is 0.00000484. The van der Waals surface area contributed by atoms with Gasteiger partial charge in [0, 0.05) is 0 Å². The summed E-state index contributed by atoms with van der Waals surface area (Å²) in [5, 5.41) is 15.4. The van der Waals surface area contributed by atoms with E-state index in [4.69, 9.17) is 5.21 Å². The van der Waals surface area contributed by atoms with Gasteiger partial charge in [-0.25, -0.2) is 13.2 Å².